The van der Waals surface area contributed by atoms with Gasteiger partial charge in [-0.2, -0.15) is 0 Å². The van der Waals surface area contributed by atoms with Gasteiger partial charge in [0.15, 0.2) is 5.89 Å². The van der Waals surface area contributed by atoms with Crippen molar-refractivity contribution >= 4 is 0 Å². The highest BCUT2D eigenvalue weighted by Crippen LogP contribution is 2.14. The topological polar surface area (TPSA) is 72.3 Å². The van der Waals surface area contributed by atoms with Crippen LogP contribution in [0.4, 0.5) is 0 Å². The number of hydrogen-bond acceptors (Lipinski definition) is 4. The van der Waals surface area contributed by atoms with Crippen molar-refractivity contribution in [2.75, 3.05) is 6.54 Å². The molecule has 0 saturated carbocycles. The predicted molar refractivity (Wildman–Crippen MR) is 60.2 cm³/mol. The van der Waals surface area contributed by atoms with Crippen LogP contribution in [0.15, 0.2) is 34.9 Å². The highest BCUT2D eigenvalue weighted by Gasteiger charge is 2.04. The molecular formula is C12H14N2O2. The number of nitrogens with two attached hydrogens (primary N) is 1. The molecule has 3 N–H and O–H groups in total. The van der Waals surface area contributed by atoms with E-state index in [1.807, 2.05) is 6.07 Å². The Morgan fingerprint density at radius 1 is 1.38 bits per heavy atom. The molecule has 0 bridgehead atoms. The number of phenols is 1. The lowest BCUT2D eigenvalue weighted by Gasteiger charge is -1.97. The molecule has 0 unspecified atom stereocenters. The average molecular weight is 218 g/mol. The molecule has 0 radical (unpaired) electrons. The van der Waals surface area contributed by atoms with Gasteiger partial charge in [-0.3, -0.25) is 0 Å². The van der Waals surface area contributed by atoms with E-state index in [0.29, 0.717) is 18.9 Å². The van der Waals surface area contributed by atoms with Gasteiger partial charge in [-0.1, -0.05) is 12.1 Å². The first-order valence-corrected chi connectivity index (χ1v) is 5.19. The Morgan fingerprint density at radius 2 is 2.25 bits per heavy atom. The van der Waals surface area contributed by atoms with Crippen molar-refractivity contribution in [3.8, 4) is 5.75 Å². The highest BCUT2D eigenvalue weighted by molar-refractivity contribution is 5.28. The summed E-state index contributed by atoms with van der Waals surface area (Å²) in [5.41, 5.74) is 7.27. The van der Waals surface area contributed by atoms with Gasteiger partial charge in [0.2, 0.25) is 0 Å². The molecule has 84 valence electrons. The zero-order chi connectivity index (χ0) is 11.4. The number of oxazole rings is 1. The number of nitrogens with zero attached hydrogens (tertiary/aromatic N) is 1. The Kier molecular flexibility index (Phi) is 3.22. The summed E-state index contributed by atoms with van der Waals surface area (Å²) in [5, 5.41) is 9.31. The van der Waals surface area contributed by atoms with Crippen LogP contribution in [-0.2, 0) is 12.8 Å². The molecule has 1 heterocycles. The van der Waals surface area contributed by atoms with Gasteiger partial charge in [-0.15, -0.1) is 0 Å². The smallest absolute Gasteiger partial charge is 0.198 e. The van der Waals surface area contributed by atoms with E-state index in [1.54, 1.807) is 24.5 Å². The first kappa shape index (κ1) is 10.7. The Labute approximate surface area is 93.7 Å². The Morgan fingerprint density at radius 3 is 3.00 bits per heavy atom. The molecule has 0 atom stereocenters. The van der Waals surface area contributed by atoms with Crippen molar-refractivity contribution in [3.63, 3.8) is 0 Å². The lowest BCUT2D eigenvalue weighted by molar-refractivity contribution is 0.473. The van der Waals surface area contributed by atoms with E-state index < -0.39 is 0 Å². The molecule has 0 fully saturated rings. The molecule has 0 spiro atoms. The van der Waals surface area contributed by atoms with Gasteiger partial charge < -0.3 is 15.3 Å². The van der Waals surface area contributed by atoms with Crippen molar-refractivity contribution in [2.24, 2.45) is 5.73 Å². The maximum absolute atomic E-state index is 9.31. The van der Waals surface area contributed by atoms with E-state index in [1.165, 1.54) is 0 Å². The summed E-state index contributed by atoms with van der Waals surface area (Å²) in [5.74, 6) is 0.903. The fourth-order valence-corrected chi connectivity index (χ4v) is 1.53. The minimum Gasteiger partial charge on any atom is -0.508 e. The first-order valence-electron chi connectivity index (χ1n) is 5.19. The predicted octanol–water partition coefficient (Wildman–Crippen LogP) is 1.47. The minimum absolute atomic E-state index is 0.256. The SMILES string of the molecule is NCCc1coc(Cc2cccc(O)c2)n1. The van der Waals surface area contributed by atoms with Crippen LogP contribution in [0.25, 0.3) is 0 Å². The normalized spacial score (nSPS) is 10.6. The molecule has 0 amide bonds. The van der Waals surface area contributed by atoms with E-state index >= 15 is 0 Å². The summed E-state index contributed by atoms with van der Waals surface area (Å²) in [6.45, 7) is 0.568. The largest absolute Gasteiger partial charge is 0.508 e. The lowest BCUT2D eigenvalue weighted by atomic mass is 10.1. The molecule has 1 aromatic heterocycles. The number of aromatic hydroxyl groups is 1. The molecule has 0 aliphatic carbocycles. The van der Waals surface area contributed by atoms with Crippen LogP contribution >= 0.6 is 0 Å². The van der Waals surface area contributed by atoms with E-state index in [2.05, 4.69) is 4.98 Å². The van der Waals surface area contributed by atoms with E-state index in [-0.39, 0.29) is 5.75 Å². The summed E-state index contributed by atoms with van der Waals surface area (Å²) in [6, 6.07) is 7.06. The average Bonchev–Trinajstić information content (AvgIpc) is 2.66. The van der Waals surface area contributed by atoms with Gasteiger partial charge in [0.05, 0.1) is 5.69 Å². The van der Waals surface area contributed by atoms with Crippen LogP contribution in [-0.4, -0.2) is 16.6 Å². The quantitative estimate of drug-likeness (QED) is 0.815. The fourth-order valence-electron chi connectivity index (χ4n) is 1.53. The third-order valence-corrected chi connectivity index (χ3v) is 2.27. The van der Waals surface area contributed by atoms with Gasteiger partial charge >= 0.3 is 0 Å². The van der Waals surface area contributed by atoms with Crippen molar-refractivity contribution in [1.82, 2.24) is 4.98 Å². The summed E-state index contributed by atoms with van der Waals surface area (Å²) in [6.07, 6.45) is 2.94. The molecule has 2 aromatic rings. The first-order chi connectivity index (χ1) is 7.78. The van der Waals surface area contributed by atoms with Gasteiger partial charge in [0.1, 0.15) is 12.0 Å². The zero-order valence-electron chi connectivity index (χ0n) is 8.89. The zero-order valence-corrected chi connectivity index (χ0v) is 8.89. The summed E-state index contributed by atoms with van der Waals surface area (Å²) < 4.78 is 5.31. The molecule has 16 heavy (non-hydrogen) atoms. The highest BCUT2D eigenvalue weighted by atomic mass is 16.3. The molecule has 0 aliphatic rings. The van der Waals surface area contributed by atoms with Crippen molar-refractivity contribution in [2.45, 2.75) is 12.8 Å². The maximum Gasteiger partial charge on any atom is 0.198 e. The van der Waals surface area contributed by atoms with Crippen molar-refractivity contribution in [1.29, 1.82) is 0 Å². The van der Waals surface area contributed by atoms with Crippen LogP contribution in [0, 0.1) is 0 Å². The van der Waals surface area contributed by atoms with Crippen LogP contribution in [0.3, 0.4) is 0 Å². The summed E-state index contributed by atoms with van der Waals surface area (Å²) in [7, 11) is 0. The fraction of sp³-hybridized carbons (Fsp3) is 0.250. The number of phenolic OH excluding ortho intramolecular Hbond substituents is 1. The second-order valence-corrected chi connectivity index (χ2v) is 3.62. The molecule has 2 rings (SSSR count). The van der Waals surface area contributed by atoms with Crippen molar-refractivity contribution < 1.29 is 9.52 Å². The standard InChI is InChI=1S/C12H14N2O2/c13-5-4-10-8-16-12(14-10)7-9-2-1-3-11(15)6-9/h1-3,6,8,15H,4-5,7,13H2. The number of benzene rings is 1. The lowest BCUT2D eigenvalue weighted by Crippen LogP contribution is -2.02. The molecular weight excluding hydrogens is 204 g/mol. The summed E-state index contributed by atoms with van der Waals surface area (Å²) >= 11 is 0. The van der Waals surface area contributed by atoms with Crippen LogP contribution in [0.5, 0.6) is 5.75 Å². The van der Waals surface area contributed by atoms with Gasteiger partial charge in [-0.05, 0) is 24.2 Å². The second-order valence-electron chi connectivity index (χ2n) is 3.62. The van der Waals surface area contributed by atoms with E-state index in [0.717, 1.165) is 17.7 Å². The third-order valence-electron chi connectivity index (χ3n) is 2.27. The third kappa shape index (κ3) is 2.61. The minimum atomic E-state index is 0.256. The number of rotatable bonds is 4. The van der Waals surface area contributed by atoms with Crippen molar-refractivity contribution in [3.05, 3.63) is 47.7 Å². The molecule has 4 nitrogen and oxygen atoms in total. The van der Waals surface area contributed by atoms with Gasteiger partial charge in [-0.25, -0.2) is 4.98 Å². The Bertz CT molecular complexity index is 466. The van der Waals surface area contributed by atoms with Crippen LogP contribution in [0.1, 0.15) is 17.1 Å². The molecule has 0 aliphatic heterocycles. The summed E-state index contributed by atoms with van der Waals surface area (Å²) in [4.78, 5) is 4.30. The number of hydrogen-bond donors (Lipinski definition) is 2. The monoisotopic (exact) mass is 218 g/mol. The van der Waals surface area contributed by atoms with Gasteiger partial charge in [0, 0.05) is 12.8 Å². The Hall–Kier alpha value is -1.81. The van der Waals surface area contributed by atoms with E-state index in [4.69, 9.17) is 10.2 Å². The second kappa shape index (κ2) is 4.81. The van der Waals surface area contributed by atoms with Gasteiger partial charge in [0.25, 0.3) is 0 Å². The molecule has 0 saturated heterocycles. The molecule has 4 heteroatoms. The van der Waals surface area contributed by atoms with Crippen LogP contribution in [0.2, 0.25) is 0 Å². The van der Waals surface area contributed by atoms with Crippen LogP contribution < -0.4 is 5.73 Å². The number of aromatic nitrogens is 1. The Balaban J connectivity index is 2.08. The molecule has 1 aromatic carbocycles. The van der Waals surface area contributed by atoms with E-state index in [9.17, 15) is 5.11 Å². The maximum atomic E-state index is 9.31.